The number of ether oxygens (including phenoxy) is 3. The lowest BCUT2D eigenvalue weighted by Gasteiger charge is -2.48. The summed E-state index contributed by atoms with van der Waals surface area (Å²) in [4.78, 5) is 0. The van der Waals surface area contributed by atoms with Gasteiger partial charge in [-0.15, -0.1) is 0 Å². The Morgan fingerprint density at radius 2 is 1.00 bits per heavy atom. The molecule has 0 spiro atoms. The molecule has 3 aromatic rings. The predicted octanol–water partition coefficient (Wildman–Crippen LogP) is 4.36. The first kappa shape index (κ1) is 20.8. The molecule has 1 N–H and O–H groups in total. The number of aliphatic hydroxyl groups is 1. The molecule has 0 aromatic heterocycles. The Kier molecular flexibility index (Phi) is 7.27. The van der Waals surface area contributed by atoms with Crippen LogP contribution in [0.4, 0.5) is 0 Å². The van der Waals surface area contributed by atoms with E-state index in [1.54, 1.807) is 0 Å². The monoisotopic (exact) mass is 404 g/mol. The maximum Gasteiger partial charge on any atom is 0.111 e. The van der Waals surface area contributed by atoms with Crippen LogP contribution in [0, 0.1) is 5.92 Å². The van der Waals surface area contributed by atoms with Crippen LogP contribution >= 0.6 is 0 Å². The standard InChI is InChI=1S/C26H28O4/c27-24-23(19-28-16-20-10-4-1-5-11-20)25(29-17-21-12-6-2-7-13-21)26(24)30-18-22-14-8-3-9-15-22/h1-15,23-27H,16-19H2/t23-,24+,25+,26+/m1/s1. The molecule has 4 atom stereocenters. The Labute approximate surface area is 178 Å². The van der Waals surface area contributed by atoms with Crippen molar-refractivity contribution in [2.45, 2.75) is 38.1 Å². The topological polar surface area (TPSA) is 47.9 Å². The Morgan fingerprint density at radius 3 is 1.50 bits per heavy atom. The maximum atomic E-state index is 10.7. The van der Waals surface area contributed by atoms with E-state index in [1.165, 1.54) is 0 Å². The molecule has 1 aliphatic carbocycles. The first-order valence-corrected chi connectivity index (χ1v) is 10.4. The van der Waals surface area contributed by atoms with Crippen molar-refractivity contribution in [1.29, 1.82) is 0 Å². The van der Waals surface area contributed by atoms with Gasteiger partial charge in [0.05, 0.1) is 38.6 Å². The zero-order chi connectivity index (χ0) is 20.6. The highest BCUT2D eigenvalue weighted by atomic mass is 16.6. The molecule has 0 aliphatic heterocycles. The molecule has 30 heavy (non-hydrogen) atoms. The Balaban J connectivity index is 1.35. The first-order valence-electron chi connectivity index (χ1n) is 10.4. The average molecular weight is 405 g/mol. The minimum absolute atomic E-state index is 0.113. The number of aliphatic hydroxyl groups excluding tert-OH is 1. The van der Waals surface area contributed by atoms with Crippen molar-refractivity contribution in [3.05, 3.63) is 108 Å². The summed E-state index contributed by atoms with van der Waals surface area (Å²) in [5, 5.41) is 10.7. The van der Waals surface area contributed by atoms with Gasteiger partial charge in [0.15, 0.2) is 0 Å². The van der Waals surface area contributed by atoms with Crippen LogP contribution in [0.3, 0.4) is 0 Å². The van der Waals surface area contributed by atoms with Gasteiger partial charge in [-0.05, 0) is 16.7 Å². The van der Waals surface area contributed by atoms with Crippen LogP contribution < -0.4 is 0 Å². The van der Waals surface area contributed by atoms with Crippen molar-refractivity contribution in [2.75, 3.05) is 6.61 Å². The average Bonchev–Trinajstić information content (AvgIpc) is 2.81. The maximum absolute atomic E-state index is 10.7. The molecule has 0 unspecified atom stereocenters. The van der Waals surface area contributed by atoms with Gasteiger partial charge in [-0.25, -0.2) is 0 Å². The Bertz CT molecular complexity index is 869. The van der Waals surface area contributed by atoms with Crippen molar-refractivity contribution in [3.63, 3.8) is 0 Å². The predicted molar refractivity (Wildman–Crippen MR) is 116 cm³/mol. The molecule has 1 saturated carbocycles. The van der Waals surface area contributed by atoms with Gasteiger partial charge in [0.2, 0.25) is 0 Å². The fourth-order valence-electron chi connectivity index (χ4n) is 3.76. The van der Waals surface area contributed by atoms with Gasteiger partial charge in [-0.3, -0.25) is 0 Å². The van der Waals surface area contributed by atoms with Gasteiger partial charge in [0, 0.05) is 5.92 Å². The minimum atomic E-state index is -0.606. The molecule has 0 heterocycles. The zero-order valence-corrected chi connectivity index (χ0v) is 17.0. The third-order valence-corrected chi connectivity index (χ3v) is 5.51. The van der Waals surface area contributed by atoms with Crippen molar-refractivity contribution in [3.8, 4) is 0 Å². The van der Waals surface area contributed by atoms with E-state index in [0.717, 1.165) is 16.7 Å². The summed E-state index contributed by atoms with van der Waals surface area (Å²) in [5.41, 5.74) is 3.30. The SMILES string of the molecule is O[C@H]1[C@@H](COCc2ccccc2)[C@H](OCc2ccccc2)[C@H]1OCc1ccccc1. The third kappa shape index (κ3) is 5.35. The molecule has 3 aromatic carbocycles. The van der Waals surface area contributed by atoms with Crippen molar-refractivity contribution < 1.29 is 19.3 Å². The highest BCUT2D eigenvalue weighted by molar-refractivity contribution is 5.16. The van der Waals surface area contributed by atoms with Gasteiger partial charge in [0.25, 0.3) is 0 Å². The lowest BCUT2D eigenvalue weighted by Crippen LogP contribution is -2.63. The van der Waals surface area contributed by atoms with E-state index in [4.69, 9.17) is 14.2 Å². The van der Waals surface area contributed by atoms with E-state index in [0.29, 0.717) is 26.4 Å². The van der Waals surface area contributed by atoms with E-state index >= 15 is 0 Å². The number of hydrogen-bond donors (Lipinski definition) is 1. The molecule has 0 saturated heterocycles. The number of benzene rings is 3. The zero-order valence-electron chi connectivity index (χ0n) is 17.0. The molecular formula is C26H28O4. The molecule has 4 heteroatoms. The fraction of sp³-hybridized carbons (Fsp3) is 0.308. The largest absolute Gasteiger partial charge is 0.390 e. The van der Waals surface area contributed by atoms with E-state index in [-0.39, 0.29) is 18.1 Å². The highest BCUT2D eigenvalue weighted by Crippen LogP contribution is 2.35. The summed E-state index contributed by atoms with van der Waals surface area (Å²) in [6, 6.07) is 30.1. The highest BCUT2D eigenvalue weighted by Gasteiger charge is 2.51. The molecule has 1 fully saturated rings. The summed E-state index contributed by atoms with van der Waals surface area (Å²) < 4.78 is 18.1. The molecule has 0 radical (unpaired) electrons. The molecule has 4 nitrogen and oxygen atoms in total. The minimum Gasteiger partial charge on any atom is -0.390 e. The Hall–Kier alpha value is -2.50. The molecular weight excluding hydrogens is 376 g/mol. The summed E-state index contributed by atoms with van der Waals surface area (Å²) in [6.45, 7) is 1.88. The normalized spacial score (nSPS) is 23.1. The third-order valence-electron chi connectivity index (χ3n) is 5.51. The molecule has 156 valence electrons. The van der Waals surface area contributed by atoms with Gasteiger partial charge < -0.3 is 19.3 Å². The van der Waals surface area contributed by atoms with E-state index < -0.39 is 6.10 Å². The second-order valence-corrected chi connectivity index (χ2v) is 7.68. The summed E-state index contributed by atoms with van der Waals surface area (Å²) >= 11 is 0. The van der Waals surface area contributed by atoms with Crippen LogP contribution in [0.15, 0.2) is 91.0 Å². The molecule has 0 amide bonds. The molecule has 0 bridgehead atoms. The first-order chi connectivity index (χ1) is 14.8. The van der Waals surface area contributed by atoms with Crippen LogP contribution in [0.1, 0.15) is 16.7 Å². The van der Waals surface area contributed by atoms with E-state index in [2.05, 4.69) is 0 Å². The number of rotatable bonds is 10. The smallest absolute Gasteiger partial charge is 0.111 e. The van der Waals surface area contributed by atoms with Crippen LogP contribution in [-0.2, 0) is 34.0 Å². The van der Waals surface area contributed by atoms with E-state index in [1.807, 2.05) is 91.0 Å². The van der Waals surface area contributed by atoms with Crippen molar-refractivity contribution >= 4 is 0 Å². The summed E-state index contributed by atoms with van der Waals surface area (Å²) in [7, 11) is 0. The van der Waals surface area contributed by atoms with Gasteiger partial charge >= 0.3 is 0 Å². The second kappa shape index (κ2) is 10.5. The van der Waals surface area contributed by atoms with Crippen LogP contribution in [0.25, 0.3) is 0 Å². The van der Waals surface area contributed by atoms with Crippen LogP contribution in [0.2, 0.25) is 0 Å². The lowest BCUT2D eigenvalue weighted by molar-refractivity contribution is -0.250. The van der Waals surface area contributed by atoms with Crippen LogP contribution in [-0.4, -0.2) is 30.0 Å². The number of hydrogen-bond acceptors (Lipinski definition) is 4. The van der Waals surface area contributed by atoms with Gasteiger partial charge in [-0.2, -0.15) is 0 Å². The van der Waals surface area contributed by atoms with E-state index in [9.17, 15) is 5.11 Å². The fourth-order valence-corrected chi connectivity index (χ4v) is 3.76. The van der Waals surface area contributed by atoms with Crippen molar-refractivity contribution in [1.82, 2.24) is 0 Å². The Morgan fingerprint density at radius 1 is 0.567 bits per heavy atom. The quantitative estimate of drug-likeness (QED) is 0.545. The lowest BCUT2D eigenvalue weighted by atomic mass is 9.76. The summed E-state index contributed by atoms with van der Waals surface area (Å²) in [5.74, 6) is -0.113. The van der Waals surface area contributed by atoms with Crippen LogP contribution in [0.5, 0.6) is 0 Å². The summed E-state index contributed by atoms with van der Waals surface area (Å²) in [6.07, 6.45) is -1.18. The van der Waals surface area contributed by atoms with Gasteiger partial charge in [0.1, 0.15) is 6.10 Å². The molecule has 1 aliphatic rings. The molecule has 4 rings (SSSR count). The second-order valence-electron chi connectivity index (χ2n) is 7.68. The van der Waals surface area contributed by atoms with Gasteiger partial charge in [-0.1, -0.05) is 91.0 Å². The van der Waals surface area contributed by atoms with Crippen molar-refractivity contribution in [2.24, 2.45) is 5.92 Å².